The van der Waals surface area contributed by atoms with Crippen molar-refractivity contribution in [2.24, 2.45) is 5.10 Å². The second kappa shape index (κ2) is 8.77. The number of benzene rings is 2. The molecule has 2 rings (SSSR count). The quantitative estimate of drug-likeness (QED) is 0.415. The maximum absolute atomic E-state index is 11.8. The van der Waals surface area contributed by atoms with Crippen LogP contribution in [0, 0.1) is 24.0 Å². The third kappa shape index (κ3) is 5.27. The molecule has 0 heterocycles. The van der Waals surface area contributed by atoms with Crippen LogP contribution in [0.25, 0.3) is 0 Å². The number of rotatable bonds is 6. The van der Waals surface area contributed by atoms with E-state index < -0.39 is 10.8 Å². The van der Waals surface area contributed by atoms with Gasteiger partial charge in [0.2, 0.25) is 0 Å². The molecule has 136 valence electrons. The van der Waals surface area contributed by atoms with Gasteiger partial charge in [-0.15, -0.1) is 0 Å². The molecule has 0 aliphatic rings. The molecule has 2 aromatic rings. The summed E-state index contributed by atoms with van der Waals surface area (Å²) in [6.45, 7) is 3.63. The smallest absolute Gasteiger partial charge is 0.288 e. The third-order valence-corrected chi connectivity index (χ3v) is 4.20. The van der Waals surface area contributed by atoms with E-state index in [0.717, 1.165) is 15.6 Å². The fraction of sp³-hybridized carbons (Fsp3) is 0.176. The number of nitro benzene ring substituents is 1. The van der Waals surface area contributed by atoms with Crippen molar-refractivity contribution in [2.45, 2.75) is 13.8 Å². The van der Waals surface area contributed by atoms with Crippen LogP contribution in [0.2, 0.25) is 5.02 Å². The lowest BCUT2D eigenvalue weighted by Crippen LogP contribution is -2.24. The number of carbonyl (C=O) groups excluding carboxylic acids is 1. The number of amides is 1. The van der Waals surface area contributed by atoms with Gasteiger partial charge >= 0.3 is 0 Å². The van der Waals surface area contributed by atoms with Crippen molar-refractivity contribution < 1.29 is 14.5 Å². The third-order valence-electron chi connectivity index (χ3n) is 3.29. The molecule has 26 heavy (non-hydrogen) atoms. The Labute approximate surface area is 163 Å². The fourth-order valence-electron chi connectivity index (χ4n) is 2.18. The number of nitrogens with one attached hydrogen (secondary N) is 1. The number of nitro groups is 1. The van der Waals surface area contributed by atoms with E-state index >= 15 is 0 Å². The molecule has 0 aliphatic heterocycles. The van der Waals surface area contributed by atoms with E-state index in [9.17, 15) is 14.9 Å². The normalized spacial score (nSPS) is 10.8. The highest BCUT2D eigenvalue weighted by Crippen LogP contribution is 2.30. The van der Waals surface area contributed by atoms with Crippen LogP contribution in [0.1, 0.15) is 16.7 Å². The van der Waals surface area contributed by atoms with Crippen LogP contribution < -0.4 is 10.2 Å². The molecule has 0 bridgehead atoms. The highest BCUT2D eigenvalue weighted by molar-refractivity contribution is 9.10. The van der Waals surface area contributed by atoms with Gasteiger partial charge in [-0.05, 0) is 53.0 Å². The number of hydrogen-bond acceptors (Lipinski definition) is 5. The fourth-order valence-corrected chi connectivity index (χ4v) is 3.16. The van der Waals surface area contributed by atoms with Gasteiger partial charge in [-0.3, -0.25) is 14.9 Å². The van der Waals surface area contributed by atoms with Gasteiger partial charge in [0.1, 0.15) is 10.8 Å². The van der Waals surface area contributed by atoms with Gasteiger partial charge in [0.25, 0.3) is 11.6 Å². The van der Waals surface area contributed by atoms with E-state index in [0.29, 0.717) is 11.3 Å². The Morgan fingerprint density at radius 2 is 2.12 bits per heavy atom. The largest absolute Gasteiger partial charge is 0.482 e. The van der Waals surface area contributed by atoms with Crippen molar-refractivity contribution in [2.75, 3.05) is 6.61 Å². The van der Waals surface area contributed by atoms with Crippen LogP contribution >= 0.6 is 27.5 Å². The molecule has 0 atom stereocenters. The first kappa shape index (κ1) is 19.9. The Hall–Kier alpha value is -2.45. The summed E-state index contributed by atoms with van der Waals surface area (Å²) < 4.78 is 6.28. The first-order valence-corrected chi connectivity index (χ1v) is 8.60. The minimum absolute atomic E-state index is 0.0311. The minimum Gasteiger partial charge on any atom is -0.482 e. The number of ether oxygens (including phenoxy) is 1. The number of nitrogens with zero attached hydrogens (tertiary/aromatic N) is 2. The molecule has 0 spiro atoms. The second-order valence-corrected chi connectivity index (χ2v) is 6.70. The molecule has 9 heteroatoms. The van der Waals surface area contributed by atoms with Crippen molar-refractivity contribution in [1.82, 2.24) is 5.43 Å². The monoisotopic (exact) mass is 439 g/mol. The predicted molar refractivity (Wildman–Crippen MR) is 103 cm³/mol. The highest BCUT2D eigenvalue weighted by atomic mass is 79.9. The van der Waals surface area contributed by atoms with Gasteiger partial charge in [-0.1, -0.05) is 23.7 Å². The molecule has 1 N–H and O–H groups in total. The van der Waals surface area contributed by atoms with Gasteiger partial charge in [-0.25, -0.2) is 5.43 Å². The van der Waals surface area contributed by atoms with E-state index in [1.807, 2.05) is 26.0 Å². The van der Waals surface area contributed by atoms with Crippen molar-refractivity contribution in [3.05, 3.63) is 66.6 Å². The molecule has 0 aliphatic carbocycles. The minimum atomic E-state index is -0.589. The number of aryl methyl sites for hydroxylation is 2. The Morgan fingerprint density at radius 1 is 1.38 bits per heavy atom. The maximum atomic E-state index is 11.8. The first-order valence-electron chi connectivity index (χ1n) is 7.43. The highest BCUT2D eigenvalue weighted by Gasteiger charge is 2.12. The van der Waals surface area contributed by atoms with Crippen LogP contribution in [-0.4, -0.2) is 23.7 Å². The first-order chi connectivity index (χ1) is 12.3. The van der Waals surface area contributed by atoms with E-state index in [1.165, 1.54) is 18.3 Å². The number of hydrazone groups is 1. The van der Waals surface area contributed by atoms with Gasteiger partial charge in [0, 0.05) is 11.6 Å². The van der Waals surface area contributed by atoms with E-state index in [4.69, 9.17) is 16.3 Å². The summed E-state index contributed by atoms with van der Waals surface area (Å²) in [5.41, 5.74) is 4.48. The van der Waals surface area contributed by atoms with Gasteiger partial charge in [0.05, 0.1) is 15.6 Å². The molecule has 0 unspecified atom stereocenters. The molecular weight excluding hydrogens is 426 g/mol. The van der Waals surface area contributed by atoms with Crippen LogP contribution in [0.15, 0.2) is 39.9 Å². The lowest BCUT2D eigenvalue weighted by molar-refractivity contribution is -0.384. The van der Waals surface area contributed by atoms with E-state index in [-0.39, 0.29) is 17.3 Å². The van der Waals surface area contributed by atoms with E-state index in [1.54, 1.807) is 6.07 Å². The molecule has 1 amide bonds. The second-order valence-electron chi connectivity index (χ2n) is 5.44. The molecule has 0 saturated carbocycles. The van der Waals surface area contributed by atoms with Crippen LogP contribution in [0.3, 0.4) is 0 Å². The Morgan fingerprint density at radius 3 is 2.77 bits per heavy atom. The SMILES string of the molecule is Cc1cc(C)c(OCC(=O)N/N=C\c2ccc(Cl)c([N+](=O)[O-])c2)c(Br)c1. The summed E-state index contributed by atoms with van der Waals surface area (Å²) >= 11 is 9.14. The summed E-state index contributed by atoms with van der Waals surface area (Å²) in [5, 5.41) is 14.6. The molecule has 0 radical (unpaired) electrons. The summed E-state index contributed by atoms with van der Waals surface area (Å²) in [5.74, 6) is 0.125. The van der Waals surface area contributed by atoms with Crippen molar-refractivity contribution >= 4 is 45.3 Å². The van der Waals surface area contributed by atoms with E-state index in [2.05, 4.69) is 26.5 Å². The summed E-state index contributed by atoms with van der Waals surface area (Å²) in [4.78, 5) is 22.1. The summed E-state index contributed by atoms with van der Waals surface area (Å²) in [6, 6.07) is 8.05. The number of hydrogen-bond donors (Lipinski definition) is 1. The predicted octanol–water partition coefficient (Wildman–Crippen LogP) is 4.16. The molecule has 0 aromatic heterocycles. The average molecular weight is 441 g/mol. The maximum Gasteiger partial charge on any atom is 0.288 e. The Balaban J connectivity index is 1.94. The van der Waals surface area contributed by atoms with Crippen LogP contribution in [0.4, 0.5) is 5.69 Å². The Kier molecular flexibility index (Phi) is 6.70. The standard InChI is InChI=1S/C17H15BrClN3O4/c1-10-5-11(2)17(13(18)6-10)26-9-16(23)21-20-8-12-3-4-14(19)15(7-12)22(24)25/h3-8H,9H2,1-2H3,(H,21,23)/b20-8-. The van der Waals surface area contributed by atoms with Gasteiger partial charge in [-0.2, -0.15) is 5.10 Å². The zero-order chi connectivity index (χ0) is 19.3. The lowest BCUT2D eigenvalue weighted by Gasteiger charge is -2.11. The van der Waals surface area contributed by atoms with Crippen molar-refractivity contribution in [1.29, 1.82) is 0 Å². The average Bonchev–Trinajstić information content (AvgIpc) is 2.55. The Bertz CT molecular complexity index is 863. The summed E-state index contributed by atoms with van der Waals surface area (Å²) in [7, 11) is 0. The zero-order valence-electron chi connectivity index (χ0n) is 14.0. The lowest BCUT2D eigenvalue weighted by atomic mass is 10.1. The van der Waals surface area contributed by atoms with Gasteiger partial charge < -0.3 is 4.74 Å². The van der Waals surface area contributed by atoms with Crippen LogP contribution in [0.5, 0.6) is 5.75 Å². The van der Waals surface area contributed by atoms with Crippen molar-refractivity contribution in [3.63, 3.8) is 0 Å². The molecule has 2 aromatic carbocycles. The number of halogens is 2. The zero-order valence-corrected chi connectivity index (χ0v) is 16.3. The topological polar surface area (TPSA) is 93.8 Å². The summed E-state index contributed by atoms with van der Waals surface area (Å²) in [6.07, 6.45) is 1.29. The molecular formula is C17H15BrClN3O4. The van der Waals surface area contributed by atoms with Crippen LogP contribution in [-0.2, 0) is 4.79 Å². The van der Waals surface area contributed by atoms with Crippen molar-refractivity contribution in [3.8, 4) is 5.75 Å². The molecule has 0 saturated heterocycles. The molecule has 0 fully saturated rings. The van der Waals surface area contributed by atoms with Gasteiger partial charge in [0.15, 0.2) is 6.61 Å². The number of carbonyl (C=O) groups is 1. The molecule has 7 nitrogen and oxygen atoms in total.